The number of hydrogen-bond donors (Lipinski definition) is 0. The molecule has 0 saturated carbocycles. The van der Waals surface area contributed by atoms with Crippen LogP contribution < -0.4 is 0 Å². The zero-order valence-corrected chi connectivity index (χ0v) is 16.5. The molecule has 1 aliphatic rings. The van der Waals surface area contributed by atoms with Crippen LogP contribution in [0.1, 0.15) is 34.6 Å². The first-order valence-corrected chi connectivity index (χ1v) is 9.77. The van der Waals surface area contributed by atoms with Crippen LogP contribution in [-0.2, 0) is 13.0 Å². The van der Waals surface area contributed by atoms with Crippen molar-refractivity contribution in [3.63, 3.8) is 0 Å². The molecule has 1 aliphatic heterocycles. The van der Waals surface area contributed by atoms with Crippen molar-refractivity contribution in [3.8, 4) is 0 Å². The highest BCUT2D eigenvalue weighted by Gasteiger charge is 2.26. The number of rotatable bonds is 5. The fraction of sp³-hybridized carbons (Fsp3) is 0.429. The average molecular weight is 378 g/mol. The molecule has 4 rings (SSSR count). The molecule has 7 nitrogen and oxygen atoms in total. The number of aromatic nitrogens is 4. The smallest absolute Gasteiger partial charge is 0.272 e. The van der Waals surface area contributed by atoms with Crippen molar-refractivity contribution in [3.05, 3.63) is 59.8 Å². The number of likely N-dealkylation sites (tertiary alicyclic amines) is 1. The lowest BCUT2D eigenvalue weighted by molar-refractivity contribution is 0.0684. The van der Waals surface area contributed by atoms with Gasteiger partial charge in [-0.25, -0.2) is 9.50 Å². The van der Waals surface area contributed by atoms with Crippen molar-refractivity contribution in [1.82, 2.24) is 29.4 Å². The SMILES string of the molecule is CN(C)Cc1cnc2ccnn2c1CC1CCN(C(=O)c2ccccn2)CC1. The van der Waals surface area contributed by atoms with Gasteiger partial charge in [-0.1, -0.05) is 6.07 Å². The normalized spacial score (nSPS) is 15.5. The van der Waals surface area contributed by atoms with Crippen molar-refractivity contribution in [2.45, 2.75) is 25.8 Å². The van der Waals surface area contributed by atoms with Crippen LogP contribution in [-0.4, -0.2) is 62.5 Å². The monoisotopic (exact) mass is 378 g/mol. The molecule has 0 unspecified atom stereocenters. The molecule has 0 N–H and O–H groups in total. The second kappa shape index (κ2) is 8.06. The van der Waals surface area contributed by atoms with Crippen LogP contribution >= 0.6 is 0 Å². The van der Waals surface area contributed by atoms with Gasteiger partial charge >= 0.3 is 0 Å². The first kappa shape index (κ1) is 18.6. The standard InChI is InChI=1S/C21H26N6O/c1-25(2)15-17-14-23-20-6-10-24-27(20)19(17)13-16-7-11-26(12-8-16)21(28)18-5-3-4-9-22-18/h3-6,9-10,14,16H,7-8,11-13,15H2,1-2H3. The number of piperidine rings is 1. The molecule has 0 aromatic carbocycles. The number of hydrogen-bond acceptors (Lipinski definition) is 5. The highest BCUT2D eigenvalue weighted by atomic mass is 16.2. The predicted octanol–water partition coefficient (Wildman–Crippen LogP) is 2.28. The van der Waals surface area contributed by atoms with Crippen molar-refractivity contribution in [2.75, 3.05) is 27.2 Å². The molecule has 0 atom stereocenters. The van der Waals surface area contributed by atoms with Crippen molar-refractivity contribution >= 4 is 11.6 Å². The van der Waals surface area contributed by atoms with Crippen LogP contribution in [0, 0.1) is 5.92 Å². The van der Waals surface area contributed by atoms with Gasteiger partial charge in [-0.2, -0.15) is 5.10 Å². The van der Waals surface area contributed by atoms with E-state index >= 15 is 0 Å². The summed E-state index contributed by atoms with van der Waals surface area (Å²) in [5, 5.41) is 4.50. The van der Waals surface area contributed by atoms with Gasteiger partial charge in [-0.15, -0.1) is 0 Å². The quantitative estimate of drug-likeness (QED) is 0.681. The van der Waals surface area contributed by atoms with Gasteiger partial charge < -0.3 is 9.80 Å². The Morgan fingerprint density at radius 2 is 1.96 bits per heavy atom. The zero-order valence-electron chi connectivity index (χ0n) is 16.5. The van der Waals surface area contributed by atoms with E-state index in [2.05, 4.69) is 34.1 Å². The van der Waals surface area contributed by atoms with E-state index in [9.17, 15) is 4.79 Å². The molecule has 7 heteroatoms. The van der Waals surface area contributed by atoms with Gasteiger partial charge in [0.1, 0.15) is 5.69 Å². The molecule has 28 heavy (non-hydrogen) atoms. The molecule has 3 aromatic heterocycles. The summed E-state index contributed by atoms with van der Waals surface area (Å²) in [5.74, 6) is 0.564. The Bertz CT molecular complexity index is 944. The van der Waals surface area contributed by atoms with E-state index in [0.29, 0.717) is 11.6 Å². The van der Waals surface area contributed by atoms with Crippen LogP contribution in [0.5, 0.6) is 0 Å². The molecular weight excluding hydrogens is 352 g/mol. The van der Waals surface area contributed by atoms with Crippen molar-refractivity contribution < 1.29 is 4.79 Å². The largest absolute Gasteiger partial charge is 0.337 e. The predicted molar refractivity (Wildman–Crippen MR) is 107 cm³/mol. The third-order valence-electron chi connectivity index (χ3n) is 5.36. The lowest BCUT2D eigenvalue weighted by atomic mass is 9.90. The van der Waals surface area contributed by atoms with E-state index in [-0.39, 0.29) is 5.91 Å². The van der Waals surface area contributed by atoms with E-state index in [1.165, 1.54) is 11.3 Å². The van der Waals surface area contributed by atoms with Gasteiger partial charge in [0.2, 0.25) is 0 Å². The molecular formula is C21H26N6O. The summed E-state index contributed by atoms with van der Waals surface area (Å²) in [7, 11) is 4.14. The number of fused-ring (bicyclic) bond motifs is 1. The summed E-state index contributed by atoms with van der Waals surface area (Å²) in [6, 6.07) is 7.42. The van der Waals surface area contributed by atoms with Crippen LogP contribution in [0.2, 0.25) is 0 Å². The third-order valence-corrected chi connectivity index (χ3v) is 5.36. The first-order valence-electron chi connectivity index (χ1n) is 9.77. The lowest BCUT2D eigenvalue weighted by Crippen LogP contribution is -2.39. The number of carbonyl (C=O) groups excluding carboxylic acids is 1. The molecule has 1 saturated heterocycles. The fourth-order valence-electron chi connectivity index (χ4n) is 3.91. The second-order valence-corrected chi connectivity index (χ2v) is 7.72. The van der Waals surface area contributed by atoms with Crippen LogP contribution in [0.3, 0.4) is 0 Å². The lowest BCUT2D eigenvalue weighted by Gasteiger charge is -2.32. The fourth-order valence-corrected chi connectivity index (χ4v) is 3.91. The van der Waals surface area contributed by atoms with Crippen LogP contribution in [0.25, 0.3) is 5.65 Å². The van der Waals surface area contributed by atoms with Gasteiger partial charge in [0, 0.05) is 43.7 Å². The molecule has 1 fully saturated rings. The topological polar surface area (TPSA) is 66.6 Å². The molecule has 0 bridgehead atoms. The van der Waals surface area contributed by atoms with E-state index in [0.717, 1.165) is 44.5 Å². The van der Waals surface area contributed by atoms with Crippen molar-refractivity contribution in [1.29, 1.82) is 0 Å². The highest BCUT2D eigenvalue weighted by Crippen LogP contribution is 2.25. The van der Waals surface area contributed by atoms with E-state index in [1.807, 2.05) is 33.8 Å². The maximum Gasteiger partial charge on any atom is 0.272 e. The maximum atomic E-state index is 12.6. The molecule has 0 radical (unpaired) electrons. The van der Waals surface area contributed by atoms with Gasteiger partial charge in [-0.3, -0.25) is 9.78 Å². The second-order valence-electron chi connectivity index (χ2n) is 7.72. The maximum absolute atomic E-state index is 12.6. The highest BCUT2D eigenvalue weighted by molar-refractivity contribution is 5.92. The number of amides is 1. The summed E-state index contributed by atoms with van der Waals surface area (Å²) in [6.07, 6.45) is 8.39. The summed E-state index contributed by atoms with van der Waals surface area (Å²) >= 11 is 0. The minimum Gasteiger partial charge on any atom is -0.337 e. The number of carbonyl (C=O) groups is 1. The van der Waals surface area contributed by atoms with Gasteiger partial charge in [0.25, 0.3) is 5.91 Å². The summed E-state index contributed by atoms with van der Waals surface area (Å²) in [6.45, 7) is 2.39. The minimum absolute atomic E-state index is 0.0331. The molecule has 146 valence electrons. The summed E-state index contributed by atoms with van der Waals surface area (Å²) in [4.78, 5) is 25.4. The average Bonchev–Trinajstić information content (AvgIpc) is 3.19. The number of pyridine rings is 1. The molecule has 1 amide bonds. The Kier molecular flexibility index (Phi) is 5.34. The van der Waals surface area contributed by atoms with E-state index in [4.69, 9.17) is 0 Å². The molecule has 3 aromatic rings. The first-order chi connectivity index (χ1) is 13.6. The Balaban J connectivity index is 1.46. The minimum atomic E-state index is 0.0331. The van der Waals surface area contributed by atoms with E-state index in [1.54, 1.807) is 18.5 Å². The van der Waals surface area contributed by atoms with E-state index < -0.39 is 0 Å². The molecule has 0 spiro atoms. The van der Waals surface area contributed by atoms with Gasteiger partial charge in [-0.05, 0) is 51.4 Å². The van der Waals surface area contributed by atoms with Gasteiger partial charge in [0.05, 0.1) is 11.9 Å². The summed E-state index contributed by atoms with van der Waals surface area (Å²) in [5.41, 5.74) is 3.87. The van der Waals surface area contributed by atoms with Crippen LogP contribution in [0.15, 0.2) is 42.9 Å². The molecule has 0 aliphatic carbocycles. The Morgan fingerprint density at radius 3 is 2.68 bits per heavy atom. The Hall–Kier alpha value is -2.80. The Morgan fingerprint density at radius 1 is 1.14 bits per heavy atom. The van der Waals surface area contributed by atoms with Gasteiger partial charge in [0.15, 0.2) is 5.65 Å². The van der Waals surface area contributed by atoms with Crippen LogP contribution in [0.4, 0.5) is 0 Å². The zero-order chi connectivity index (χ0) is 19.5. The Labute approximate surface area is 165 Å². The number of nitrogens with zero attached hydrogens (tertiary/aromatic N) is 6. The summed E-state index contributed by atoms with van der Waals surface area (Å²) < 4.78 is 1.98. The molecule has 4 heterocycles. The van der Waals surface area contributed by atoms with Crippen molar-refractivity contribution in [2.24, 2.45) is 5.92 Å². The third kappa shape index (κ3) is 3.89.